The smallest absolute Gasteiger partial charge is 0.323 e. The van der Waals surface area contributed by atoms with E-state index in [0.717, 1.165) is 14.7 Å². The molecule has 0 aliphatic carbocycles. The molecule has 8 rings (SSSR count). The number of primary amides is 1. The van der Waals surface area contributed by atoms with Crippen LogP contribution in [0.3, 0.4) is 0 Å². The summed E-state index contributed by atoms with van der Waals surface area (Å²) in [7, 11) is 4.04. The number of nitrogens with one attached hydrogen (secondary N) is 9. The zero-order valence-corrected chi connectivity index (χ0v) is 61.4. The molecule has 0 bridgehead atoms. The Kier molecular flexibility index (Phi) is 29.6. The number of H-pyrrole nitrogens is 1. The Morgan fingerprint density at radius 2 is 1.33 bits per heavy atom. The summed E-state index contributed by atoms with van der Waals surface area (Å²) in [4.78, 5) is 183. The fourth-order valence-electron chi connectivity index (χ4n) is 14.2. The van der Waals surface area contributed by atoms with Crippen LogP contribution < -0.4 is 48.4 Å². The minimum absolute atomic E-state index is 0.0197. The van der Waals surface area contributed by atoms with Crippen molar-refractivity contribution in [1.82, 2.24) is 71.8 Å². The van der Waals surface area contributed by atoms with Gasteiger partial charge in [0.25, 0.3) is 0 Å². The Hall–Kier alpha value is -10.2. The van der Waals surface area contributed by atoms with Crippen LogP contribution in [-0.2, 0) is 83.3 Å². The zero-order valence-electron chi connectivity index (χ0n) is 61.4. The van der Waals surface area contributed by atoms with Crippen molar-refractivity contribution in [2.45, 2.75) is 182 Å². The second-order valence-corrected chi connectivity index (χ2v) is 28.8. The number of fused-ring (bicyclic) bond motifs is 4. The predicted octanol–water partition coefficient (Wildman–Crippen LogP) is -4.56. The molecule has 594 valence electrons. The third-order valence-corrected chi connectivity index (χ3v) is 20.2. The fourth-order valence-corrected chi connectivity index (χ4v) is 14.2. The highest BCUT2D eigenvalue weighted by Crippen LogP contribution is 2.29. The summed E-state index contributed by atoms with van der Waals surface area (Å²) in [5.41, 5.74) is 9.81. The molecule has 20 N–H and O–H groups in total. The normalized spacial score (nSPS) is 24.9. The Balaban J connectivity index is 1.30. The van der Waals surface area contributed by atoms with Gasteiger partial charge in [0.05, 0.1) is 37.7 Å². The summed E-state index contributed by atoms with van der Waals surface area (Å²) < 4.78 is 1.44. The quantitative estimate of drug-likeness (QED) is 0.0259. The SMILES string of the molecule is CC(C)C[C@@H]1NC(=O)[C@H](CNO)NC(=O)[C@@H]2CCCN2C(=O)[C@H](CC(N)=O)NC(=O)[C@H](C)N(C)C(=O)[C@H](Cc2ccc(O)cc2)C(NC[C@@H](O)[C@H](O)[C@@H](O)[C@@H](O)CO)CC[C@@H](C(=O)N[C@@H](Cc2cn(CC(=O)O)c3ccccc23)C(=O)N(C)C)NC(=O)[C@H](Cc2c[nH]c3ccccc23)NC(=O)[C@@H]2C[C@@H](O)CN2C1=O. The molecule has 1 unspecified atom stereocenters. The zero-order chi connectivity index (χ0) is 79.8. The topological polar surface area (TPSA) is 543 Å². The van der Waals surface area contributed by atoms with Crippen molar-refractivity contribution in [2.75, 3.05) is 53.9 Å². The van der Waals surface area contributed by atoms with E-state index in [1.165, 1.54) is 68.0 Å². The molecule has 3 fully saturated rings. The lowest BCUT2D eigenvalue weighted by atomic mass is 9.86. The van der Waals surface area contributed by atoms with Gasteiger partial charge in [-0.2, -0.15) is 0 Å². The number of carbonyl (C=O) groups excluding carboxylic acids is 11. The van der Waals surface area contributed by atoms with Gasteiger partial charge in [0.15, 0.2) is 0 Å². The number of phenolic OH excluding ortho intramolecular Hbond substituents is 1. The van der Waals surface area contributed by atoms with Gasteiger partial charge in [0, 0.05) is 100 Å². The van der Waals surface area contributed by atoms with E-state index in [1.807, 2.05) is 5.48 Å². The highest BCUT2D eigenvalue weighted by atomic mass is 16.5. The number of benzene rings is 3. The van der Waals surface area contributed by atoms with E-state index in [-0.39, 0.29) is 56.7 Å². The molecule has 3 aliphatic rings. The lowest BCUT2D eigenvalue weighted by Gasteiger charge is -2.36. The molecule has 11 amide bonds. The summed E-state index contributed by atoms with van der Waals surface area (Å²) in [6, 6.07) is 3.17. The van der Waals surface area contributed by atoms with Crippen molar-refractivity contribution in [3.63, 3.8) is 0 Å². The minimum Gasteiger partial charge on any atom is -0.508 e. The van der Waals surface area contributed by atoms with Crippen molar-refractivity contribution in [1.29, 1.82) is 0 Å². The third kappa shape index (κ3) is 21.6. The first-order valence-corrected chi connectivity index (χ1v) is 36.1. The number of carbonyl (C=O) groups is 12. The molecule has 3 aromatic carbocycles. The van der Waals surface area contributed by atoms with Crippen molar-refractivity contribution in [3.05, 3.63) is 102 Å². The Morgan fingerprint density at radius 1 is 0.706 bits per heavy atom. The maximum Gasteiger partial charge on any atom is 0.323 e. The van der Waals surface area contributed by atoms with E-state index < -0.39 is 226 Å². The lowest BCUT2D eigenvalue weighted by molar-refractivity contribution is -0.146. The maximum atomic E-state index is 15.8. The van der Waals surface area contributed by atoms with Gasteiger partial charge in [0.2, 0.25) is 65.0 Å². The van der Waals surface area contributed by atoms with E-state index in [1.54, 1.807) is 68.6 Å². The van der Waals surface area contributed by atoms with Crippen LogP contribution in [0.5, 0.6) is 5.75 Å². The molecular formula is C73H101N15O21. The molecule has 3 aliphatic heterocycles. The van der Waals surface area contributed by atoms with Crippen molar-refractivity contribution in [2.24, 2.45) is 17.6 Å². The number of aromatic nitrogens is 2. The summed E-state index contributed by atoms with van der Waals surface area (Å²) in [5, 5.41) is 116. The standard InChI is InChI=1S/C73H101N15O21/c1-37(2)24-51-73(108)88-34-43(91)28-57(88)69(104)79-50(26-40-30-75-47-14-9-7-12-44(40)47)66(101)78-49(65(100)82-52(71(106)84(4)5)27-41-33-86(35-61(95)96)55-15-10-8-13-45(41)55)22-21-48(76-32-58(92)62(97)63(98)59(93)36-89)46(25-39-17-19-42(90)20-18-39)70(105)85(6)38(3)64(99)80-53(29-60(74)94)72(107)87-23-11-16-56(87)68(103)83-54(31-77-109)67(102)81-51/h7-10,12-15,17-20,30,33,37-38,43,46,48-54,56-59,62-63,75-77,89-93,97-98,109H,11,16,21-29,31-32,34-36H2,1-6H3,(H2,74,94)(H,78,101)(H,79,104)(H,80,99)(H,81,102)(H,82,100)(H,83,103)(H,95,96)/t38-,43+,46+,48?,49-,50-,51-,52-,53-,54-,56-,57-,58+,59-,62-,63-/m0/s1. The third-order valence-electron chi connectivity index (χ3n) is 20.2. The van der Waals surface area contributed by atoms with E-state index in [4.69, 9.17) is 5.73 Å². The molecule has 0 radical (unpaired) electrons. The van der Waals surface area contributed by atoms with Crippen LogP contribution in [0, 0.1) is 11.8 Å². The number of rotatable bonds is 24. The van der Waals surface area contributed by atoms with Crippen LogP contribution in [0.15, 0.2) is 85.2 Å². The number of aliphatic hydroxyl groups excluding tert-OH is 6. The minimum atomic E-state index is -2.20. The summed E-state index contributed by atoms with van der Waals surface area (Å²) in [6.45, 7) is 1.14. The number of aliphatic carboxylic acids is 1. The highest BCUT2D eigenvalue weighted by molar-refractivity contribution is 6.00. The van der Waals surface area contributed by atoms with Crippen LogP contribution in [0.2, 0.25) is 0 Å². The second-order valence-electron chi connectivity index (χ2n) is 28.8. The first kappa shape index (κ1) is 84.4. The van der Waals surface area contributed by atoms with Gasteiger partial charge in [-0.1, -0.05) is 62.4 Å². The molecule has 5 aromatic rings. The summed E-state index contributed by atoms with van der Waals surface area (Å²) in [6.07, 6.45) is -9.83. The average molecular weight is 1520 g/mol. The van der Waals surface area contributed by atoms with E-state index in [9.17, 15) is 79.6 Å². The van der Waals surface area contributed by atoms with Crippen LogP contribution in [0.1, 0.15) is 82.4 Å². The number of aromatic amines is 1. The number of hydrogen-bond acceptors (Lipinski definition) is 22. The molecule has 16 atom stereocenters. The van der Waals surface area contributed by atoms with Crippen LogP contribution in [0.25, 0.3) is 21.8 Å². The van der Waals surface area contributed by atoms with Gasteiger partial charge in [-0.05, 0) is 92.3 Å². The largest absolute Gasteiger partial charge is 0.508 e. The van der Waals surface area contributed by atoms with Gasteiger partial charge in [-0.15, -0.1) is 0 Å². The number of phenols is 1. The molecule has 36 nitrogen and oxygen atoms in total. The predicted molar refractivity (Wildman–Crippen MR) is 389 cm³/mol. The Labute approximate surface area is 627 Å². The molecule has 3 saturated heterocycles. The van der Waals surface area contributed by atoms with Crippen molar-refractivity contribution in [3.8, 4) is 5.75 Å². The molecule has 0 spiro atoms. The number of para-hydroxylation sites is 2. The molecule has 109 heavy (non-hydrogen) atoms. The molecule has 2 aromatic heterocycles. The first-order chi connectivity index (χ1) is 51.7. The number of hydroxylamine groups is 1. The van der Waals surface area contributed by atoms with Crippen LogP contribution >= 0.6 is 0 Å². The number of aliphatic hydroxyl groups is 6. The summed E-state index contributed by atoms with van der Waals surface area (Å²) >= 11 is 0. The number of hydrogen-bond donors (Lipinski definition) is 19. The molecule has 36 heteroatoms. The molecular weight excluding hydrogens is 1420 g/mol. The highest BCUT2D eigenvalue weighted by Gasteiger charge is 2.46. The van der Waals surface area contributed by atoms with Gasteiger partial charge in [-0.3, -0.25) is 57.5 Å². The number of carboxylic acids is 1. The number of amides is 11. The number of nitrogens with zero attached hydrogens (tertiary/aromatic N) is 5. The van der Waals surface area contributed by atoms with E-state index >= 15 is 24.0 Å². The molecule has 0 saturated carbocycles. The first-order valence-electron chi connectivity index (χ1n) is 36.1. The average Bonchev–Trinajstić information content (AvgIpc) is 1.66. The monoisotopic (exact) mass is 1520 g/mol. The number of aromatic hydroxyl groups is 1. The van der Waals surface area contributed by atoms with E-state index in [2.05, 4.69) is 42.2 Å². The van der Waals surface area contributed by atoms with Crippen LogP contribution in [0.4, 0.5) is 0 Å². The van der Waals surface area contributed by atoms with Gasteiger partial charge in [-0.25, -0.2) is 5.48 Å². The Bertz CT molecular complexity index is 4080. The van der Waals surface area contributed by atoms with E-state index in [0.29, 0.717) is 38.5 Å². The van der Waals surface area contributed by atoms with Gasteiger partial charge in [0.1, 0.15) is 85.0 Å². The van der Waals surface area contributed by atoms with Gasteiger partial charge >= 0.3 is 5.97 Å². The van der Waals surface area contributed by atoms with Crippen LogP contribution in [-0.4, -0.2) is 291 Å². The lowest BCUT2D eigenvalue weighted by Crippen LogP contribution is -2.61. The maximum absolute atomic E-state index is 15.8. The molecule has 5 heterocycles. The van der Waals surface area contributed by atoms with Crippen molar-refractivity contribution < 1.29 is 104 Å². The summed E-state index contributed by atoms with van der Waals surface area (Å²) in [5.74, 6) is -14.0. The fraction of sp³-hybridized carbons (Fsp3) is 0.534. The van der Waals surface area contributed by atoms with Crippen molar-refractivity contribution >= 4 is 92.8 Å². The Morgan fingerprint density at radius 3 is 1.99 bits per heavy atom. The number of nitrogens with two attached hydrogens (primary N) is 1. The van der Waals surface area contributed by atoms with Gasteiger partial charge < -0.3 is 118 Å². The number of carboxylic acid groups (broad SMARTS) is 1. The number of likely N-dealkylation sites (N-methyl/N-ethyl adjacent to an activating group) is 2. The second kappa shape index (κ2) is 38.3.